The molecular weight excluding hydrogens is 491 g/mol. The maximum Gasteiger partial charge on any atom is 0.349 e. The van der Waals surface area contributed by atoms with Gasteiger partial charge in [-0.3, -0.25) is 4.79 Å². The van der Waals surface area contributed by atoms with E-state index in [4.69, 9.17) is 14.2 Å². The number of rotatable bonds is 7. The summed E-state index contributed by atoms with van der Waals surface area (Å²) in [5, 5.41) is 0. The monoisotopic (exact) mass is 506 g/mol. The van der Waals surface area contributed by atoms with Gasteiger partial charge in [-0.1, -0.05) is 18.2 Å². The number of carbonyl (C=O) groups excluding carboxylic acids is 2. The van der Waals surface area contributed by atoms with E-state index < -0.39 is 53.2 Å². The summed E-state index contributed by atoms with van der Waals surface area (Å²) in [6.45, 7) is 1.06. The molecule has 0 spiro atoms. The number of ether oxygens (including phenoxy) is 4. The maximum atomic E-state index is 13.7. The first-order chi connectivity index (χ1) is 17.2. The summed E-state index contributed by atoms with van der Waals surface area (Å²) in [7, 11) is 0. The average Bonchev–Trinajstić information content (AvgIpc) is 3.17. The van der Waals surface area contributed by atoms with Gasteiger partial charge in [0.05, 0.1) is 12.2 Å². The zero-order chi connectivity index (χ0) is 26.0. The Balaban J connectivity index is 1.46. The smallest absolute Gasteiger partial charge is 0.349 e. The van der Waals surface area contributed by atoms with Crippen LogP contribution in [0.15, 0.2) is 48.2 Å². The molecule has 0 bridgehead atoms. The normalized spacial score (nSPS) is 13.4. The second kappa shape index (κ2) is 10.1. The largest absolute Gasteiger partial charge is 0.493 e. The second-order valence-corrected chi connectivity index (χ2v) is 7.23. The molecule has 0 aromatic heterocycles. The molecule has 4 rings (SSSR count). The molecule has 0 N–H and O–H groups in total. The number of hydrogen-bond donors (Lipinski definition) is 0. The highest BCUT2D eigenvalue weighted by Gasteiger charge is 2.29. The first-order valence-electron chi connectivity index (χ1n) is 10.4. The molecule has 1 aliphatic heterocycles. The fraction of sp³-hybridized carbons (Fsp3) is 0.120. The molecule has 0 unspecified atom stereocenters. The van der Waals surface area contributed by atoms with Gasteiger partial charge in [0.25, 0.3) is 0 Å². The van der Waals surface area contributed by atoms with E-state index in [2.05, 4.69) is 4.74 Å². The summed E-state index contributed by atoms with van der Waals surface area (Å²) in [5.74, 6) is -14.0. The predicted molar refractivity (Wildman–Crippen MR) is 114 cm³/mol. The van der Waals surface area contributed by atoms with Crippen LogP contribution in [0.1, 0.15) is 22.8 Å². The van der Waals surface area contributed by atoms with E-state index in [1.807, 2.05) is 6.92 Å². The van der Waals surface area contributed by atoms with Crippen molar-refractivity contribution < 1.29 is 50.5 Å². The van der Waals surface area contributed by atoms with Crippen LogP contribution in [0.4, 0.5) is 22.0 Å². The van der Waals surface area contributed by atoms with E-state index in [1.165, 1.54) is 24.3 Å². The number of hydrogen-bond acceptors (Lipinski definition) is 6. The highest BCUT2D eigenvalue weighted by atomic mass is 19.2. The van der Waals surface area contributed by atoms with Crippen LogP contribution >= 0.6 is 0 Å². The van der Waals surface area contributed by atoms with Gasteiger partial charge in [0.1, 0.15) is 17.2 Å². The molecule has 1 heterocycles. The third-order valence-corrected chi connectivity index (χ3v) is 4.88. The lowest BCUT2D eigenvalue weighted by Gasteiger charge is -2.10. The molecule has 0 atom stereocenters. The quantitative estimate of drug-likeness (QED) is 0.107. The number of halogens is 5. The third kappa shape index (κ3) is 4.72. The Hall–Kier alpha value is -4.41. The summed E-state index contributed by atoms with van der Waals surface area (Å²) in [5.41, 5.74) is 0.792. The Bertz CT molecular complexity index is 1370. The Labute approximate surface area is 200 Å². The van der Waals surface area contributed by atoms with Crippen LogP contribution in [0.3, 0.4) is 0 Å². The topological polar surface area (TPSA) is 71.1 Å². The number of Topliss-reactive ketones (excluding diaryl/α,β-unsaturated/α-hetero) is 1. The zero-order valence-corrected chi connectivity index (χ0v) is 18.4. The van der Waals surface area contributed by atoms with Crippen LogP contribution in [0.25, 0.3) is 6.08 Å². The second-order valence-electron chi connectivity index (χ2n) is 7.23. The highest BCUT2D eigenvalue weighted by Crippen LogP contribution is 2.36. The molecule has 6 nitrogen and oxygen atoms in total. The van der Waals surface area contributed by atoms with Crippen LogP contribution in [-0.4, -0.2) is 25.0 Å². The SMILES string of the molecule is CCOc1ccccc1/C=C1\Oc2cc(OC(=O)COc3c(F)c(F)c(F)c(F)c3F)ccc2C1=O. The molecule has 0 saturated heterocycles. The van der Waals surface area contributed by atoms with Crippen molar-refractivity contribution in [1.29, 1.82) is 0 Å². The number of allylic oxidation sites excluding steroid dienone is 1. The number of carbonyl (C=O) groups is 2. The predicted octanol–water partition coefficient (Wildman–Crippen LogP) is 5.38. The van der Waals surface area contributed by atoms with E-state index in [-0.39, 0.29) is 22.8 Å². The fourth-order valence-corrected chi connectivity index (χ4v) is 3.26. The molecule has 0 saturated carbocycles. The van der Waals surface area contributed by atoms with Gasteiger partial charge in [-0.15, -0.1) is 0 Å². The van der Waals surface area contributed by atoms with Crippen LogP contribution in [0.5, 0.6) is 23.0 Å². The van der Waals surface area contributed by atoms with Gasteiger partial charge >= 0.3 is 5.97 Å². The van der Waals surface area contributed by atoms with E-state index in [9.17, 15) is 31.5 Å². The van der Waals surface area contributed by atoms with Gasteiger partial charge in [0.15, 0.2) is 18.1 Å². The van der Waals surface area contributed by atoms with Crippen molar-refractivity contribution in [2.45, 2.75) is 6.92 Å². The summed E-state index contributed by atoms with van der Waals surface area (Å²) < 4.78 is 87.5. The van der Waals surface area contributed by atoms with Gasteiger partial charge in [0, 0.05) is 11.6 Å². The molecule has 0 radical (unpaired) electrons. The molecule has 11 heteroatoms. The first kappa shape index (κ1) is 24.7. The number of fused-ring (bicyclic) bond motifs is 1. The molecule has 36 heavy (non-hydrogen) atoms. The van der Waals surface area contributed by atoms with Crippen LogP contribution in [0.2, 0.25) is 0 Å². The maximum absolute atomic E-state index is 13.7. The Morgan fingerprint density at radius 2 is 1.58 bits per heavy atom. The highest BCUT2D eigenvalue weighted by molar-refractivity contribution is 6.14. The lowest BCUT2D eigenvalue weighted by atomic mass is 10.1. The van der Waals surface area contributed by atoms with Gasteiger partial charge in [-0.25, -0.2) is 18.0 Å². The van der Waals surface area contributed by atoms with Gasteiger partial charge in [-0.2, -0.15) is 8.78 Å². The number of esters is 1. The molecule has 1 aliphatic rings. The average molecular weight is 506 g/mol. The van der Waals surface area contributed by atoms with Crippen molar-refractivity contribution in [3.63, 3.8) is 0 Å². The molecule has 186 valence electrons. The van der Waals surface area contributed by atoms with Crippen molar-refractivity contribution in [3.8, 4) is 23.0 Å². The summed E-state index contributed by atoms with van der Waals surface area (Å²) in [6.07, 6.45) is 1.50. The van der Waals surface area contributed by atoms with Crippen LogP contribution in [0, 0.1) is 29.1 Å². The van der Waals surface area contributed by atoms with Gasteiger partial charge < -0.3 is 18.9 Å². The fourth-order valence-electron chi connectivity index (χ4n) is 3.26. The molecule has 0 amide bonds. The number of benzene rings is 3. The van der Waals surface area contributed by atoms with E-state index in [0.29, 0.717) is 17.9 Å². The molecule has 0 aliphatic carbocycles. The van der Waals surface area contributed by atoms with Gasteiger partial charge in [-0.05, 0) is 31.2 Å². The van der Waals surface area contributed by atoms with Crippen LogP contribution < -0.4 is 18.9 Å². The number of para-hydroxylation sites is 1. The minimum absolute atomic E-state index is 0.00437. The Kier molecular flexibility index (Phi) is 6.91. The zero-order valence-electron chi connectivity index (χ0n) is 18.4. The van der Waals surface area contributed by atoms with E-state index in [1.54, 1.807) is 24.3 Å². The lowest BCUT2D eigenvalue weighted by Crippen LogP contribution is -2.19. The molecular formula is C25H15F5O6. The van der Waals surface area contributed by atoms with Crippen molar-refractivity contribution in [1.82, 2.24) is 0 Å². The Morgan fingerprint density at radius 1 is 0.917 bits per heavy atom. The minimum Gasteiger partial charge on any atom is -0.493 e. The third-order valence-electron chi connectivity index (χ3n) is 4.88. The minimum atomic E-state index is -2.36. The first-order valence-corrected chi connectivity index (χ1v) is 10.4. The lowest BCUT2D eigenvalue weighted by molar-refractivity contribution is -0.136. The summed E-state index contributed by atoms with van der Waals surface area (Å²) in [6, 6.07) is 10.8. The van der Waals surface area contributed by atoms with Crippen LogP contribution in [-0.2, 0) is 4.79 Å². The molecule has 0 fully saturated rings. The number of ketones is 1. The van der Waals surface area contributed by atoms with Crippen molar-refractivity contribution >= 4 is 17.8 Å². The summed E-state index contributed by atoms with van der Waals surface area (Å²) in [4.78, 5) is 24.7. The van der Waals surface area contributed by atoms with E-state index in [0.717, 1.165) is 0 Å². The molecule has 3 aromatic carbocycles. The Morgan fingerprint density at radius 3 is 2.28 bits per heavy atom. The summed E-state index contributed by atoms with van der Waals surface area (Å²) >= 11 is 0. The molecule has 3 aromatic rings. The standard InChI is InChI=1S/C25H15F5O6/c1-2-33-15-6-4-3-5-12(15)9-17-24(32)14-8-7-13(10-16(14)36-17)35-18(31)11-34-25-22(29)20(27)19(26)21(28)23(25)30/h3-10H,2,11H2,1H3/b17-9-. The van der Waals surface area contributed by atoms with Gasteiger partial charge in [0.2, 0.25) is 34.9 Å². The van der Waals surface area contributed by atoms with Crippen molar-refractivity contribution in [2.75, 3.05) is 13.2 Å². The van der Waals surface area contributed by atoms with Crippen molar-refractivity contribution in [2.24, 2.45) is 0 Å². The van der Waals surface area contributed by atoms with E-state index >= 15 is 0 Å². The van der Waals surface area contributed by atoms with Crippen molar-refractivity contribution in [3.05, 3.63) is 88.4 Å².